The molecule has 16 heteroatoms. The Morgan fingerprint density at radius 3 is 1.55 bits per heavy atom. The number of Topliss-reactive ketones (excluding diaryl/α,β-unsaturated/α-hetero) is 2. The van der Waals surface area contributed by atoms with E-state index in [2.05, 4.69) is 32.9 Å². The Labute approximate surface area is 309 Å². The van der Waals surface area contributed by atoms with Crippen LogP contribution in [0.2, 0.25) is 0 Å². The van der Waals surface area contributed by atoms with Gasteiger partial charge in [-0.2, -0.15) is 0 Å². The minimum atomic E-state index is -1.44. The molecule has 292 valence electrons. The lowest BCUT2D eigenvalue weighted by Crippen LogP contribution is -2.31. The highest BCUT2D eigenvalue weighted by Gasteiger charge is 2.25. The molecule has 0 fully saturated rings. The second kappa shape index (κ2) is 27.0. The molecule has 0 saturated carbocycles. The van der Waals surface area contributed by atoms with Crippen LogP contribution in [0, 0.1) is 0 Å². The Bertz CT molecular complexity index is 1490. The topological polar surface area (TPSA) is 234 Å². The van der Waals surface area contributed by atoms with Crippen molar-refractivity contribution < 1.29 is 67.8 Å². The number of nitrogens with one attached hydrogen (secondary N) is 1. The lowest BCUT2D eigenvalue weighted by molar-refractivity contribution is -0.138. The number of amides is 1. The largest absolute Gasteiger partial charge is 0.491 e. The van der Waals surface area contributed by atoms with Gasteiger partial charge in [-0.05, 0) is 76.2 Å². The van der Waals surface area contributed by atoms with E-state index in [-0.39, 0.29) is 71.7 Å². The molecule has 0 aliphatic heterocycles. The van der Waals surface area contributed by atoms with Crippen molar-refractivity contribution >= 4 is 35.7 Å². The van der Waals surface area contributed by atoms with Crippen LogP contribution in [0.1, 0.15) is 55.8 Å². The maximum atomic E-state index is 11.9. The number of carbonyl (C=O) groups excluding carboxylic acids is 6. The van der Waals surface area contributed by atoms with Gasteiger partial charge < -0.3 is 44.3 Å². The average Bonchev–Trinajstić information content (AvgIpc) is 3.12. The summed E-state index contributed by atoms with van der Waals surface area (Å²) in [6.07, 6.45) is 2.74. The molecule has 0 heterocycles. The molecular formula is C37H50N2O14. The van der Waals surface area contributed by atoms with Gasteiger partial charge in [0.05, 0.1) is 19.7 Å². The molecular weight excluding hydrogens is 696 g/mol. The van der Waals surface area contributed by atoms with Gasteiger partial charge in [0.25, 0.3) is 0 Å². The molecule has 2 aromatic rings. The number of hydrogen-bond acceptors (Lipinski definition) is 15. The van der Waals surface area contributed by atoms with Gasteiger partial charge in [-0.25, -0.2) is 24.2 Å². The lowest BCUT2D eigenvalue weighted by atomic mass is 9.97. The van der Waals surface area contributed by atoms with Crippen LogP contribution in [0.15, 0.2) is 78.8 Å². The summed E-state index contributed by atoms with van der Waals surface area (Å²) in [4.78, 5) is 68.6. The fourth-order valence-corrected chi connectivity index (χ4v) is 3.28. The Morgan fingerprint density at radius 1 is 0.717 bits per heavy atom. The number of esters is 2. The summed E-state index contributed by atoms with van der Waals surface area (Å²) in [5, 5.41) is 30.2. The number of alkyl carbamates (subject to hydrolysis) is 1. The summed E-state index contributed by atoms with van der Waals surface area (Å²) in [5.41, 5.74) is -2.00. The Balaban J connectivity index is 0. The highest BCUT2D eigenvalue weighted by atomic mass is 16.6. The van der Waals surface area contributed by atoms with E-state index in [1.165, 1.54) is 33.8 Å². The first kappa shape index (κ1) is 49.4. The SMILES string of the molecule is C.C=CC(=O)OCCN=C=O.C=CC(=O)OCCNC(=O)OCCOc1ccc(C(=O)C(C)(C)O)cc1.CC(C)(O)C(=O)c1ccc(OCCO)cc1. The van der Waals surface area contributed by atoms with E-state index in [0.29, 0.717) is 22.6 Å². The summed E-state index contributed by atoms with van der Waals surface area (Å²) in [7, 11) is 0. The van der Waals surface area contributed by atoms with Crippen LogP contribution in [-0.4, -0.2) is 115 Å². The molecule has 0 aromatic heterocycles. The molecule has 2 aromatic carbocycles. The van der Waals surface area contributed by atoms with E-state index in [1.54, 1.807) is 48.5 Å². The monoisotopic (exact) mass is 746 g/mol. The molecule has 0 spiro atoms. The molecule has 0 bridgehead atoms. The molecule has 0 radical (unpaired) electrons. The molecule has 0 unspecified atom stereocenters. The zero-order valence-corrected chi connectivity index (χ0v) is 29.6. The minimum Gasteiger partial charge on any atom is -0.491 e. The molecule has 53 heavy (non-hydrogen) atoms. The van der Waals surface area contributed by atoms with Gasteiger partial charge >= 0.3 is 18.0 Å². The molecule has 16 nitrogen and oxygen atoms in total. The van der Waals surface area contributed by atoms with E-state index in [9.17, 15) is 39.0 Å². The van der Waals surface area contributed by atoms with Crippen molar-refractivity contribution in [2.75, 3.05) is 52.7 Å². The number of carbonyl (C=O) groups is 5. The van der Waals surface area contributed by atoms with Crippen molar-refractivity contribution in [3.05, 3.63) is 85.0 Å². The number of aliphatic hydroxyl groups is 3. The highest BCUT2D eigenvalue weighted by Crippen LogP contribution is 2.18. The van der Waals surface area contributed by atoms with E-state index in [1.807, 2.05) is 0 Å². The maximum Gasteiger partial charge on any atom is 0.407 e. The molecule has 1 amide bonds. The Morgan fingerprint density at radius 2 is 1.15 bits per heavy atom. The number of isocyanates is 1. The quantitative estimate of drug-likeness (QED) is 0.0308. The average molecular weight is 747 g/mol. The van der Waals surface area contributed by atoms with Crippen molar-refractivity contribution in [3.63, 3.8) is 0 Å². The van der Waals surface area contributed by atoms with Gasteiger partial charge in [0, 0.05) is 23.3 Å². The van der Waals surface area contributed by atoms with Crippen LogP contribution in [0.3, 0.4) is 0 Å². The first-order chi connectivity index (χ1) is 24.5. The zero-order valence-electron chi connectivity index (χ0n) is 29.6. The second-order valence-corrected chi connectivity index (χ2v) is 11.0. The van der Waals surface area contributed by atoms with Gasteiger partial charge in [0.15, 0.2) is 11.6 Å². The molecule has 0 aliphatic rings. The third-order valence-electron chi connectivity index (χ3n) is 5.75. The van der Waals surface area contributed by atoms with E-state index >= 15 is 0 Å². The van der Waals surface area contributed by atoms with Crippen LogP contribution >= 0.6 is 0 Å². The van der Waals surface area contributed by atoms with Crippen LogP contribution in [-0.2, 0) is 28.6 Å². The smallest absolute Gasteiger partial charge is 0.407 e. The number of hydrogen-bond donors (Lipinski definition) is 4. The van der Waals surface area contributed by atoms with Crippen LogP contribution in [0.4, 0.5) is 4.79 Å². The molecule has 0 atom stereocenters. The van der Waals surface area contributed by atoms with E-state index in [0.717, 1.165) is 12.2 Å². The maximum absolute atomic E-state index is 11.9. The number of ether oxygens (including phenoxy) is 5. The first-order valence-electron chi connectivity index (χ1n) is 15.6. The fraction of sp³-hybridized carbons (Fsp3) is 0.405. The summed E-state index contributed by atoms with van der Waals surface area (Å²) >= 11 is 0. The third-order valence-corrected chi connectivity index (χ3v) is 5.75. The van der Waals surface area contributed by atoms with Crippen LogP contribution in [0.25, 0.3) is 0 Å². The van der Waals surface area contributed by atoms with Crippen molar-refractivity contribution in [1.82, 2.24) is 5.32 Å². The first-order valence-corrected chi connectivity index (χ1v) is 15.6. The van der Waals surface area contributed by atoms with Crippen molar-refractivity contribution in [2.45, 2.75) is 46.3 Å². The van der Waals surface area contributed by atoms with Crippen LogP contribution < -0.4 is 14.8 Å². The number of aliphatic imine (C=N–C) groups is 1. The molecule has 2 rings (SSSR count). The summed E-state index contributed by atoms with van der Waals surface area (Å²) < 4.78 is 24.6. The van der Waals surface area contributed by atoms with Gasteiger partial charge in [0.2, 0.25) is 6.08 Å². The zero-order chi connectivity index (χ0) is 39.6. The van der Waals surface area contributed by atoms with Gasteiger partial charge in [-0.3, -0.25) is 9.59 Å². The van der Waals surface area contributed by atoms with Crippen molar-refractivity contribution in [2.24, 2.45) is 4.99 Å². The fourth-order valence-electron chi connectivity index (χ4n) is 3.28. The van der Waals surface area contributed by atoms with E-state index in [4.69, 9.17) is 19.3 Å². The molecule has 0 aliphatic carbocycles. The summed E-state index contributed by atoms with van der Waals surface area (Å²) in [6, 6.07) is 12.7. The van der Waals surface area contributed by atoms with Crippen molar-refractivity contribution in [1.29, 1.82) is 0 Å². The number of benzene rings is 2. The Hall–Kier alpha value is -5.67. The normalized spacial score (nSPS) is 10.0. The minimum absolute atomic E-state index is 0. The number of ketones is 2. The van der Waals surface area contributed by atoms with Gasteiger partial charge in [0.1, 0.15) is 55.7 Å². The predicted octanol–water partition coefficient (Wildman–Crippen LogP) is 3.17. The standard InChI is InChI=1S/C18H23NO7.C12H16O4.C6H7NO3.CH4/c1-4-15(20)25-10-9-19-17(22)26-12-11-24-14-7-5-13(6-8-14)16(21)18(2,3)23;1-12(2,15)11(14)9-3-5-10(6-4-9)16-8-7-13;1-2-6(9)10-4-3-7-5-8;/h4-8,23H,1,9-12H2,2-3H3,(H,19,22);3-6,13,15H,7-8H2,1-2H3;2H,1,3-4H2;1H4. The summed E-state index contributed by atoms with van der Waals surface area (Å²) in [5.74, 6) is -0.715. The number of nitrogens with zero attached hydrogens (tertiary/aromatic N) is 1. The lowest BCUT2D eigenvalue weighted by Gasteiger charge is -2.15. The van der Waals surface area contributed by atoms with Crippen LogP contribution in [0.5, 0.6) is 11.5 Å². The Kier molecular flexibility index (Phi) is 25.2. The summed E-state index contributed by atoms with van der Waals surface area (Å²) in [6.45, 7) is 12.9. The van der Waals surface area contributed by atoms with E-state index < -0.39 is 29.2 Å². The predicted molar refractivity (Wildman–Crippen MR) is 194 cm³/mol. The van der Waals surface area contributed by atoms with Gasteiger partial charge in [-0.15, -0.1) is 0 Å². The number of rotatable bonds is 19. The van der Waals surface area contributed by atoms with Crippen molar-refractivity contribution in [3.8, 4) is 11.5 Å². The molecule has 4 N–H and O–H groups in total. The highest BCUT2D eigenvalue weighted by molar-refractivity contribution is 6.02. The van der Waals surface area contributed by atoms with Gasteiger partial charge in [-0.1, -0.05) is 20.6 Å². The molecule has 0 saturated heterocycles. The third kappa shape index (κ3) is 23.4. The second-order valence-electron chi connectivity index (χ2n) is 11.0. The number of aliphatic hydroxyl groups excluding tert-OH is 1.